The minimum Gasteiger partial charge on any atom is -0.383 e. The number of anilines is 2. The topological polar surface area (TPSA) is 207 Å². The molecule has 1 aliphatic heterocycles. The summed E-state index contributed by atoms with van der Waals surface area (Å²) in [6.45, 7) is 0.339. The summed E-state index contributed by atoms with van der Waals surface area (Å²) >= 11 is 0. The van der Waals surface area contributed by atoms with Crippen molar-refractivity contribution in [3.05, 3.63) is 84.6 Å². The van der Waals surface area contributed by atoms with E-state index in [9.17, 15) is 20.4 Å². The Labute approximate surface area is 252 Å². The highest BCUT2D eigenvalue weighted by Crippen LogP contribution is 2.34. The van der Waals surface area contributed by atoms with Gasteiger partial charge in [0.05, 0.1) is 5.56 Å². The Morgan fingerprint density at radius 2 is 1.61 bits per heavy atom. The van der Waals surface area contributed by atoms with Crippen molar-refractivity contribution >= 4 is 30.6 Å². The molecule has 0 unspecified atom stereocenters. The van der Waals surface area contributed by atoms with Crippen LogP contribution in [0.15, 0.2) is 73.2 Å². The van der Waals surface area contributed by atoms with Gasteiger partial charge < -0.3 is 31.1 Å². The SMILES string of the molecule is [B]C(O)(O)N(c1ccnc(C#N)n1)C1CCN(C(O)(O)c2ccc(-n3c(-c4cccnc4N)nc4cccnc43)cc2)CC1. The number of nitrogen functional groups attached to an aromatic ring is 1. The number of nitrogens with zero attached hydrogens (tertiary/aromatic N) is 9. The largest absolute Gasteiger partial charge is 0.383 e. The fourth-order valence-corrected chi connectivity index (χ4v) is 5.56. The molecule has 1 saturated heterocycles. The number of hydrogen-bond acceptors (Lipinski definition) is 13. The molecule has 6 rings (SSSR count). The maximum Gasteiger partial charge on any atom is 0.253 e. The van der Waals surface area contributed by atoms with E-state index in [-0.39, 0.29) is 43.1 Å². The molecule has 4 aromatic heterocycles. The van der Waals surface area contributed by atoms with E-state index >= 15 is 0 Å². The molecule has 2 radical (unpaired) electrons. The summed E-state index contributed by atoms with van der Waals surface area (Å²) < 4.78 is 1.83. The van der Waals surface area contributed by atoms with Gasteiger partial charge in [-0.2, -0.15) is 5.26 Å². The Hall–Kier alpha value is -4.98. The van der Waals surface area contributed by atoms with E-state index in [1.54, 1.807) is 48.8 Å². The lowest BCUT2D eigenvalue weighted by Gasteiger charge is -2.46. The number of aliphatic hydroxyl groups is 4. The fourth-order valence-electron chi connectivity index (χ4n) is 5.56. The van der Waals surface area contributed by atoms with Gasteiger partial charge in [-0.25, -0.2) is 29.8 Å². The average Bonchev–Trinajstić information content (AvgIpc) is 3.40. The van der Waals surface area contributed by atoms with E-state index in [1.807, 2.05) is 22.8 Å². The van der Waals surface area contributed by atoms with Crippen molar-refractivity contribution in [1.82, 2.24) is 34.4 Å². The molecule has 0 saturated carbocycles. The predicted octanol–water partition coefficient (Wildman–Crippen LogP) is 0.557. The zero-order valence-electron chi connectivity index (χ0n) is 23.3. The average molecular weight is 590 g/mol. The smallest absolute Gasteiger partial charge is 0.253 e. The molecule has 14 nitrogen and oxygen atoms in total. The Kier molecular flexibility index (Phi) is 7.45. The van der Waals surface area contributed by atoms with E-state index in [4.69, 9.17) is 23.8 Å². The zero-order chi connectivity index (χ0) is 31.1. The van der Waals surface area contributed by atoms with E-state index in [0.29, 0.717) is 34.1 Å². The van der Waals surface area contributed by atoms with Gasteiger partial charge in [0.15, 0.2) is 25.1 Å². The molecule has 0 atom stereocenters. The molecule has 5 heterocycles. The van der Waals surface area contributed by atoms with E-state index in [0.717, 1.165) is 4.90 Å². The highest BCUT2D eigenvalue weighted by Gasteiger charge is 2.41. The van der Waals surface area contributed by atoms with Crippen molar-refractivity contribution in [2.24, 2.45) is 0 Å². The summed E-state index contributed by atoms with van der Waals surface area (Å²) in [7, 11) is 5.65. The summed E-state index contributed by atoms with van der Waals surface area (Å²) in [5, 5.41) is 52.3. The van der Waals surface area contributed by atoms with E-state index < -0.39 is 17.8 Å². The summed E-state index contributed by atoms with van der Waals surface area (Å²) in [5.74, 6) is -4.35. The van der Waals surface area contributed by atoms with E-state index in [1.165, 1.54) is 17.2 Å². The highest BCUT2D eigenvalue weighted by atomic mass is 16.5. The van der Waals surface area contributed by atoms with E-state index in [2.05, 4.69) is 19.9 Å². The van der Waals surface area contributed by atoms with Crippen LogP contribution in [0.4, 0.5) is 11.6 Å². The van der Waals surface area contributed by atoms with Crippen LogP contribution in [0.1, 0.15) is 24.2 Å². The van der Waals surface area contributed by atoms with Crippen LogP contribution in [0.5, 0.6) is 0 Å². The first-order valence-electron chi connectivity index (χ1n) is 13.7. The molecule has 220 valence electrons. The van der Waals surface area contributed by atoms with Crippen LogP contribution < -0.4 is 10.6 Å². The van der Waals surface area contributed by atoms with Crippen LogP contribution >= 0.6 is 0 Å². The first-order chi connectivity index (χ1) is 21.1. The minimum absolute atomic E-state index is 0.0614. The first kappa shape index (κ1) is 29.1. The van der Waals surface area contributed by atoms with Crippen molar-refractivity contribution in [2.45, 2.75) is 30.6 Å². The summed E-state index contributed by atoms with van der Waals surface area (Å²) in [6, 6.07) is 16.6. The maximum atomic E-state index is 11.3. The van der Waals surface area contributed by atoms with Crippen molar-refractivity contribution in [3.63, 3.8) is 0 Å². The molecule has 1 aliphatic rings. The summed E-state index contributed by atoms with van der Waals surface area (Å²) in [5.41, 5.74) is 8.95. The number of nitriles is 1. The van der Waals surface area contributed by atoms with Crippen LogP contribution in [0, 0.1) is 11.3 Å². The Balaban J connectivity index is 1.25. The molecule has 0 amide bonds. The van der Waals surface area contributed by atoms with Gasteiger partial charge in [-0.3, -0.25) is 4.57 Å². The third-order valence-corrected chi connectivity index (χ3v) is 7.62. The standard InChI is InChI=1S/C29H27BN10O4/c30-29(43,44)40(24-9-14-33-23(17-31)37-24)20-10-15-38(16-11-20)28(41,42)18-5-7-19(8-6-18)39-26(21-3-1-12-34-25(21)32)36-22-4-2-13-35-27(22)39/h1-9,12-14,20,41-44H,10-11,15-16H2,(H2,32,34). The number of aromatic nitrogens is 6. The second-order valence-corrected chi connectivity index (χ2v) is 10.4. The molecule has 1 fully saturated rings. The Morgan fingerprint density at radius 3 is 2.30 bits per heavy atom. The number of rotatable bonds is 7. The number of fused-ring (bicyclic) bond motifs is 1. The van der Waals surface area contributed by atoms with Crippen molar-refractivity contribution < 1.29 is 20.4 Å². The highest BCUT2D eigenvalue weighted by molar-refractivity contribution is 6.14. The molecule has 44 heavy (non-hydrogen) atoms. The number of piperidine rings is 1. The molecule has 15 heteroatoms. The van der Waals surface area contributed by atoms with Gasteiger partial charge in [-0.05, 0) is 55.3 Å². The molecule has 0 aliphatic carbocycles. The number of pyridine rings is 2. The van der Waals surface area contributed by atoms with Gasteiger partial charge in [0.25, 0.3) is 5.91 Å². The third kappa shape index (κ3) is 5.32. The van der Waals surface area contributed by atoms with Gasteiger partial charge in [0.2, 0.25) is 5.82 Å². The number of nitrogens with two attached hydrogens (primary N) is 1. The van der Waals surface area contributed by atoms with Crippen molar-refractivity contribution in [2.75, 3.05) is 23.7 Å². The van der Waals surface area contributed by atoms with Crippen molar-refractivity contribution in [1.29, 1.82) is 5.26 Å². The summed E-state index contributed by atoms with van der Waals surface area (Å²) in [4.78, 5) is 23.9. The van der Waals surface area contributed by atoms with Gasteiger partial charge in [-0.15, -0.1) is 0 Å². The number of benzene rings is 1. The maximum absolute atomic E-state index is 11.3. The normalized spacial score (nSPS) is 14.9. The first-order valence-corrected chi connectivity index (χ1v) is 13.7. The molecule has 1 aromatic carbocycles. The van der Waals surface area contributed by atoms with Gasteiger partial charge >= 0.3 is 0 Å². The molecule has 0 bridgehead atoms. The zero-order valence-corrected chi connectivity index (χ0v) is 23.3. The fraction of sp³-hybridized carbons (Fsp3) is 0.241. The monoisotopic (exact) mass is 590 g/mol. The number of hydrogen-bond donors (Lipinski definition) is 5. The second-order valence-electron chi connectivity index (χ2n) is 10.4. The lowest BCUT2D eigenvalue weighted by Crippen LogP contribution is -2.59. The number of imidazole rings is 1. The molecule has 5 aromatic rings. The van der Waals surface area contributed by atoms with Gasteiger partial charge in [0.1, 0.15) is 23.2 Å². The minimum atomic E-state index is -2.77. The van der Waals surface area contributed by atoms with Gasteiger partial charge in [0, 0.05) is 49.0 Å². The molecule has 6 N–H and O–H groups in total. The molecular formula is C29H27BN10O4. The van der Waals surface area contributed by atoms with Crippen LogP contribution in [0.25, 0.3) is 28.2 Å². The van der Waals surface area contributed by atoms with Crippen LogP contribution in [0.3, 0.4) is 0 Å². The lowest BCUT2D eigenvalue weighted by molar-refractivity contribution is -0.279. The van der Waals surface area contributed by atoms with Crippen LogP contribution in [0.2, 0.25) is 0 Å². The summed E-state index contributed by atoms with van der Waals surface area (Å²) in [6.07, 6.45) is 5.13. The third-order valence-electron chi connectivity index (χ3n) is 7.62. The predicted molar refractivity (Wildman–Crippen MR) is 159 cm³/mol. The van der Waals surface area contributed by atoms with Crippen LogP contribution in [-0.2, 0) is 5.91 Å². The number of likely N-dealkylation sites (tertiary alicyclic amines) is 1. The van der Waals surface area contributed by atoms with Crippen molar-refractivity contribution in [3.8, 4) is 23.1 Å². The Morgan fingerprint density at radius 1 is 0.909 bits per heavy atom. The second kappa shape index (κ2) is 11.3. The quantitative estimate of drug-likeness (QED) is 0.130. The molecular weight excluding hydrogens is 563 g/mol. The van der Waals surface area contributed by atoms with Gasteiger partial charge in [-0.1, -0.05) is 12.1 Å². The Bertz CT molecular complexity index is 1840. The van der Waals surface area contributed by atoms with Crippen LogP contribution in [-0.4, -0.2) is 87.6 Å². The molecule has 0 spiro atoms. The lowest BCUT2D eigenvalue weighted by atomic mass is 9.94.